The molecule has 0 bridgehead atoms. The fourth-order valence-electron chi connectivity index (χ4n) is 3.12. The Morgan fingerprint density at radius 1 is 0.957 bits per heavy atom. The minimum Gasteiger partial charge on any atom is -0.465 e. The van der Waals surface area contributed by atoms with Gasteiger partial charge < -0.3 is 4.74 Å². The van der Waals surface area contributed by atoms with Crippen LogP contribution in [-0.2, 0) is 14.3 Å². The molecule has 1 aliphatic rings. The number of carbonyl (C=O) groups is 2. The lowest BCUT2D eigenvalue weighted by Gasteiger charge is -2.14. The average molecular weight is 322 g/mol. The summed E-state index contributed by atoms with van der Waals surface area (Å²) >= 11 is 0. The van der Waals surface area contributed by atoms with Crippen LogP contribution in [0.2, 0.25) is 0 Å². The fourth-order valence-corrected chi connectivity index (χ4v) is 3.12. The van der Waals surface area contributed by atoms with E-state index >= 15 is 0 Å². The Labute approximate surface area is 141 Å². The van der Waals surface area contributed by atoms with Crippen LogP contribution in [0.25, 0.3) is 0 Å². The molecule has 0 heterocycles. The first-order valence-corrected chi connectivity index (χ1v) is 9.60. The number of ether oxygens (including phenoxy) is 1. The van der Waals surface area contributed by atoms with Crippen LogP contribution >= 0.6 is 0 Å². The number of ketones is 1. The van der Waals surface area contributed by atoms with Crippen LogP contribution in [0.3, 0.4) is 0 Å². The fraction of sp³-hybridized carbons (Fsp3) is 0.800. The first-order chi connectivity index (χ1) is 11.3. The van der Waals surface area contributed by atoms with Crippen LogP contribution in [0.1, 0.15) is 90.4 Å². The molecule has 1 rings (SSSR count). The first-order valence-electron chi connectivity index (χ1n) is 9.60. The summed E-state index contributed by atoms with van der Waals surface area (Å²) in [6, 6.07) is 0. The minimum absolute atomic E-state index is 0.0921. The van der Waals surface area contributed by atoms with E-state index in [9.17, 15) is 9.59 Å². The summed E-state index contributed by atoms with van der Waals surface area (Å²) in [7, 11) is 0. The maximum absolute atomic E-state index is 12.4. The van der Waals surface area contributed by atoms with Crippen LogP contribution < -0.4 is 0 Å². The monoisotopic (exact) mass is 322 g/mol. The largest absolute Gasteiger partial charge is 0.465 e. The molecule has 132 valence electrons. The van der Waals surface area contributed by atoms with Gasteiger partial charge in [0.25, 0.3) is 0 Å². The molecule has 0 saturated heterocycles. The highest BCUT2D eigenvalue weighted by Gasteiger charge is 2.26. The number of esters is 1. The normalized spacial score (nSPS) is 24.6. The predicted octanol–water partition coefficient (Wildman–Crippen LogP) is 5.38. The molecule has 23 heavy (non-hydrogen) atoms. The summed E-state index contributed by atoms with van der Waals surface area (Å²) in [5.74, 6) is -0.738. The number of hydrogen-bond donors (Lipinski definition) is 0. The van der Waals surface area contributed by atoms with Crippen molar-refractivity contribution in [2.45, 2.75) is 90.4 Å². The summed E-state index contributed by atoms with van der Waals surface area (Å²) in [6.07, 6.45) is 18.2. The van der Waals surface area contributed by atoms with Gasteiger partial charge in [0.05, 0.1) is 6.61 Å². The van der Waals surface area contributed by atoms with Crippen molar-refractivity contribution in [2.24, 2.45) is 5.92 Å². The van der Waals surface area contributed by atoms with Gasteiger partial charge in [-0.3, -0.25) is 9.59 Å². The molecule has 0 aromatic heterocycles. The second-order valence-electron chi connectivity index (χ2n) is 6.54. The Kier molecular flexibility index (Phi) is 11.5. The zero-order chi connectivity index (χ0) is 16.8. The van der Waals surface area contributed by atoms with Crippen molar-refractivity contribution in [1.29, 1.82) is 0 Å². The number of Topliss-reactive ketones (excluding diaryl/α,β-unsaturated/α-hetero) is 1. The SMILES string of the molecule is CCOC(=O)C1CCCCCC/C=C/CCCCCCCC1=O. The van der Waals surface area contributed by atoms with Gasteiger partial charge >= 0.3 is 5.97 Å². The molecule has 0 aliphatic heterocycles. The van der Waals surface area contributed by atoms with Crippen LogP contribution in [-0.4, -0.2) is 18.4 Å². The van der Waals surface area contributed by atoms with Crippen LogP contribution in [0, 0.1) is 5.92 Å². The topological polar surface area (TPSA) is 43.4 Å². The number of carbonyl (C=O) groups excluding carboxylic acids is 2. The van der Waals surface area contributed by atoms with E-state index in [1.807, 2.05) is 0 Å². The standard InChI is InChI=1S/C20H34O3/c1-2-23-20(22)18-16-14-12-10-8-6-4-3-5-7-9-11-13-15-17-19(18)21/h3-4,18H,2,5-17H2,1H3/b4-3+. The van der Waals surface area contributed by atoms with Gasteiger partial charge in [-0.15, -0.1) is 0 Å². The van der Waals surface area contributed by atoms with Gasteiger partial charge in [-0.1, -0.05) is 50.7 Å². The third-order valence-electron chi connectivity index (χ3n) is 4.53. The van der Waals surface area contributed by atoms with Gasteiger partial charge in [-0.05, 0) is 45.4 Å². The molecule has 0 aromatic carbocycles. The Hall–Kier alpha value is -1.12. The summed E-state index contributed by atoms with van der Waals surface area (Å²) in [5, 5.41) is 0. The van der Waals surface area contributed by atoms with Gasteiger partial charge in [0, 0.05) is 6.42 Å². The van der Waals surface area contributed by atoms with Crippen molar-refractivity contribution in [3.63, 3.8) is 0 Å². The molecular weight excluding hydrogens is 288 g/mol. The van der Waals surface area contributed by atoms with Crippen LogP contribution in [0.5, 0.6) is 0 Å². The second kappa shape index (κ2) is 13.3. The molecule has 0 saturated carbocycles. The highest BCUT2D eigenvalue weighted by molar-refractivity contribution is 5.98. The van der Waals surface area contributed by atoms with Gasteiger partial charge in [-0.25, -0.2) is 0 Å². The molecular formula is C20H34O3. The van der Waals surface area contributed by atoms with Gasteiger partial charge in [0.2, 0.25) is 0 Å². The first kappa shape index (κ1) is 19.9. The Balaban J connectivity index is 2.50. The number of allylic oxidation sites excluding steroid dienone is 2. The third kappa shape index (κ3) is 9.58. The van der Waals surface area contributed by atoms with E-state index in [0.717, 1.165) is 32.1 Å². The Bertz CT molecular complexity index is 360. The molecule has 0 N–H and O–H groups in total. The van der Waals surface area contributed by atoms with E-state index in [0.29, 0.717) is 19.4 Å². The van der Waals surface area contributed by atoms with Crippen molar-refractivity contribution in [3.8, 4) is 0 Å². The molecule has 3 nitrogen and oxygen atoms in total. The van der Waals surface area contributed by atoms with Gasteiger partial charge in [0.15, 0.2) is 0 Å². The molecule has 1 aliphatic carbocycles. The zero-order valence-corrected chi connectivity index (χ0v) is 14.9. The molecule has 0 aromatic rings. The quantitative estimate of drug-likeness (QED) is 0.389. The zero-order valence-electron chi connectivity index (χ0n) is 14.9. The van der Waals surface area contributed by atoms with E-state index in [-0.39, 0.29) is 11.8 Å². The van der Waals surface area contributed by atoms with Crippen LogP contribution in [0.15, 0.2) is 12.2 Å². The van der Waals surface area contributed by atoms with E-state index < -0.39 is 5.92 Å². The Morgan fingerprint density at radius 2 is 1.52 bits per heavy atom. The predicted molar refractivity (Wildman–Crippen MR) is 94.3 cm³/mol. The van der Waals surface area contributed by atoms with Crippen LogP contribution in [0.4, 0.5) is 0 Å². The van der Waals surface area contributed by atoms with Gasteiger partial charge in [0.1, 0.15) is 11.7 Å². The van der Waals surface area contributed by atoms with Crippen molar-refractivity contribution in [2.75, 3.05) is 6.61 Å². The molecule has 0 fully saturated rings. The van der Waals surface area contributed by atoms with Crippen molar-refractivity contribution < 1.29 is 14.3 Å². The molecule has 1 unspecified atom stereocenters. The minimum atomic E-state index is -0.523. The molecule has 0 radical (unpaired) electrons. The highest BCUT2D eigenvalue weighted by Crippen LogP contribution is 2.18. The van der Waals surface area contributed by atoms with E-state index in [1.54, 1.807) is 6.92 Å². The number of rotatable bonds is 2. The van der Waals surface area contributed by atoms with Crippen molar-refractivity contribution in [1.82, 2.24) is 0 Å². The lowest BCUT2D eigenvalue weighted by atomic mass is 9.93. The lowest BCUT2D eigenvalue weighted by Crippen LogP contribution is -2.26. The molecule has 0 amide bonds. The Morgan fingerprint density at radius 3 is 2.17 bits per heavy atom. The van der Waals surface area contributed by atoms with E-state index in [1.165, 1.54) is 38.5 Å². The molecule has 3 heteroatoms. The maximum Gasteiger partial charge on any atom is 0.316 e. The second-order valence-corrected chi connectivity index (χ2v) is 6.54. The summed E-state index contributed by atoms with van der Waals surface area (Å²) in [6.45, 7) is 2.16. The summed E-state index contributed by atoms with van der Waals surface area (Å²) < 4.78 is 5.10. The highest BCUT2D eigenvalue weighted by atomic mass is 16.5. The lowest BCUT2D eigenvalue weighted by molar-refractivity contribution is -0.152. The smallest absolute Gasteiger partial charge is 0.316 e. The van der Waals surface area contributed by atoms with E-state index in [4.69, 9.17) is 4.74 Å². The summed E-state index contributed by atoms with van der Waals surface area (Å²) in [5.41, 5.74) is 0. The van der Waals surface area contributed by atoms with Crippen molar-refractivity contribution in [3.05, 3.63) is 12.2 Å². The summed E-state index contributed by atoms with van der Waals surface area (Å²) in [4.78, 5) is 24.4. The number of hydrogen-bond acceptors (Lipinski definition) is 3. The molecule has 0 spiro atoms. The third-order valence-corrected chi connectivity index (χ3v) is 4.53. The maximum atomic E-state index is 12.4. The molecule has 1 atom stereocenters. The van der Waals surface area contributed by atoms with Gasteiger partial charge in [-0.2, -0.15) is 0 Å². The average Bonchev–Trinajstić information content (AvgIpc) is 2.54. The van der Waals surface area contributed by atoms with Crippen molar-refractivity contribution >= 4 is 11.8 Å². The van der Waals surface area contributed by atoms with E-state index in [2.05, 4.69) is 12.2 Å².